The average Bonchev–Trinajstić information content (AvgIpc) is 3.03. The molecule has 2 heterocycles. The first-order valence-electron chi connectivity index (χ1n) is 9.46. The highest BCUT2D eigenvalue weighted by atomic mass is 19.1. The maximum atomic E-state index is 13.9. The standard InChI is InChI=1S/C21H22F2N4O4/c1-11-7-17(31-10-13-14(22)5-4-6-15(13)23)19-26-12(2)18(27(19)9-11)20(28)25-8-16(24-3)21(29)30/h4-7,9,16,24H,8,10H2,1-3H3,(H,25,28)(H,29,30)/t16-/m0/s1. The highest BCUT2D eigenvalue weighted by molar-refractivity contribution is 5.95. The smallest absolute Gasteiger partial charge is 0.322 e. The van der Waals surface area contributed by atoms with Crippen LogP contribution in [0.1, 0.15) is 27.3 Å². The van der Waals surface area contributed by atoms with E-state index in [4.69, 9.17) is 9.84 Å². The number of ether oxygens (including phenoxy) is 1. The lowest BCUT2D eigenvalue weighted by atomic mass is 10.2. The van der Waals surface area contributed by atoms with E-state index in [9.17, 15) is 18.4 Å². The van der Waals surface area contributed by atoms with Crippen molar-refractivity contribution in [2.45, 2.75) is 26.5 Å². The predicted octanol–water partition coefficient (Wildman–Crippen LogP) is 2.21. The van der Waals surface area contributed by atoms with E-state index in [1.165, 1.54) is 17.5 Å². The number of fused-ring (bicyclic) bond motifs is 1. The van der Waals surface area contributed by atoms with Crippen LogP contribution >= 0.6 is 0 Å². The molecule has 3 N–H and O–H groups in total. The van der Waals surface area contributed by atoms with E-state index < -0.39 is 29.6 Å². The van der Waals surface area contributed by atoms with Crippen LogP contribution in [0, 0.1) is 25.5 Å². The molecule has 2 aromatic heterocycles. The quantitative estimate of drug-likeness (QED) is 0.504. The number of carboxylic acid groups (broad SMARTS) is 1. The summed E-state index contributed by atoms with van der Waals surface area (Å²) >= 11 is 0. The summed E-state index contributed by atoms with van der Waals surface area (Å²) in [5.74, 6) is -2.79. The van der Waals surface area contributed by atoms with Crippen molar-refractivity contribution in [3.63, 3.8) is 0 Å². The van der Waals surface area contributed by atoms with Crippen LogP contribution in [0.5, 0.6) is 5.75 Å². The minimum atomic E-state index is -1.09. The van der Waals surface area contributed by atoms with Crippen LogP contribution < -0.4 is 15.4 Å². The number of halogens is 2. The molecule has 0 fully saturated rings. The molecule has 0 saturated heterocycles. The molecule has 0 bridgehead atoms. The SMILES string of the molecule is CN[C@@H](CNC(=O)c1c(C)nc2c(OCc3c(F)cccc3F)cc(C)cn12)C(=O)O. The third-order valence-electron chi connectivity index (χ3n) is 4.76. The Labute approximate surface area is 176 Å². The molecule has 10 heteroatoms. The van der Waals surface area contributed by atoms with E-state index in [1.807, 2.05) is 0 Å². The van der Waals surface area contributed by atoms with Gasteiger partial charge >= 0.3 is 5.97 Å². The Hall–Kier alpha value is -3.53. The summed E-state index contributed by atoms with van der Waals surface area (Å²) in [4.78, 5) is 28.2. The average molecular weight is 432 g/mol. The van der Waals surface area contributed by atoms with Gasteiger partial charge in [0, 0.05) is 12.7 Å². The number of carbonyl (C=O) groups excluding carboxylic acids is 1. The number of hydrogen-bond donors (Lipinski definition) is 3. The fourth-order valence-electron chi connectivity index (χ4n) is 3.15. The van der Waals surface area contributed by atoms with Gasteiger partial charge in [-0.25, -0.2) is 13.8 Å². The zero-order valence-corrected chi connectivity index (χ0v) is 17.2. The van der Waals surface area contributed by atoms with Crippen LogP contribution in [-0.4, -0.2) is 46.0 Å². The topological polar surface area (TPSA) is 105 Å². The Morgan fingerprint density at radius 3 is 2.55 bits per heavy atom. The van der Waals surface area contributed by atoms with E-state index in [-0.39, 0.29) is 30.2 Å². The zero-order chi connectivity index (χ0) is 22.7. The molecule has 3 rings (SSSR count). The van der Waals surface area contributed by atoms with E-state index >= 15 is 0 Å². The van der Waals surface area contributed by atoms with Crippen molar-refractivity contribution in [1.82, 2.24) is 20.0 Å². The van der Waals surface area contributed by atoms with Crippen LogP contribution in [0.2, 0.25) is 0 Å². The summed E-state index contributed by atoms with van der Waals surface area (Å²) in [7, 11) is 1.48. The second-order valence-corrected chi connectivity index (χ2v) is 7.00. The van der Waals surface area contributed by atoms with Crippen molar-refractivity contribution in [2.75, 3.05) is 13.6 Å². The minimum absolute atomic E-state index is 0.126. The van der Waals surface area contributed by atoms with E-state index in [0.717, 1.165) is 17.7 Å². The largest absolute Gasteiger partial charge is 0.485 e. The van der Waals surface area contributed by atoms with Crippen molar-refractivity contribution in [1.29, 1.82) is 0 Å². The van der Waals surface area contributed by atoms with Crippen molar-refractivity contribution < 1.29 is 28.2 Å². The number of benzene rings is 1. The first-order chi connectivity index (χ1) is 14.7. The van der Waals surface area contributed by atoms with Crippen molar-refractivity contribution in [3.05, 3.63) is 64.6 Å². The number of imidazole rings is 1. The Balaban J connectivity index is 1.90. The molecular formula is C21H22F2N4O4. The van der Waals surface area contributed by atoms with Gasteiger partial charge in [0.2, 0.25) is 0 Å². The van der Waals surface area contributed by atoms with E-state index in [2.05, 4.69) is 15.6 Å². The van der Waals surface area contributed by atoms with Gasteiger partial charge in [-0.3, -0.25) is 14.0 Å². The molecule has 164 valence electrons. The second-order valence-electron chi connectivity index (χ2n) is 7.00. The number of amides is 1. The van der Waals surface area contributed by atoms with Crippen LogP contribution in [0.15, 0.2) is 30.5 Å². The van der Waals surface area contributed by atoms with Gasteiger partial charge in [-0.15, -0.1) is 0 Å². The Morgan fingerprint density at radius 2 is 1.94 bits per heavy atom. The third-order valence-corrected chi connectivity index (χ3v) is 4.76. The maximum Gasteiger partial charge on any atom is 0.322 e. The number of aromatic nitrogens is 2. The number of nitrogens with one attached hydrogen (secondary N) is 2. The first kappa shape index (κ1) is 22.2. The van der Waals surface area contributed by atoms with Gasteiger partial charge in [-0.2, -0.15) is 0 Å². The molecule has 0 saturated carbocycles. The summed E-state index contributed by atoms with van der Waals surface area (Å²) in [5.41, 5.74) is 1.41. The lowest BCUT2D eigenvalue weighted by Crippen LogP contribution is -2.44. The van der Waals surface area contributed by atoms with E-state index in [0.29, 0.717) is 11.3 Å². The van der Waals surface area contributed by atoms with Gasteiger partial charge in [0.25, 0.3) is 5.91 Å². The molecule has 0 spiro atoms. The third kappa shape index (κ3) is 4.64. The molecule has 0 aliphatic heterocycles. The minimum Gasteiger partial charge on any atom is -0.485 e. The summed E-state index contributed by atoms with van der Waals surface area (Å²) in [6.45, 7) is 2.92. The molecule has 3 aromatic rings. The zero-order valence-electron chi connectivity index (χ0n) is 17.2. The van der Waals surface area contributed by atoms with Gasteiger partial charge in [0.05, 0.1) is 11.3 Å². The number of aryl methyl sites for hydroxylation is 2. The fraction of sp³-hybridized carbons (Fsp3) is 0.286. The second kappa shape index (κ2) is 9.09. The number of pyridine rings is 1. The van der Waals surface area contributed by atoms with Gasteiger partial charge in [-0.1, -0.05) is 6.07 Å². The Bertz CT molecular complexity index is 1130. The summed E-state index contributed by atoms with van der Waals surface area (Å²) in [6.07, 6.45) is 1.67. The van der Waals surface area contributed by atoms with Gasteiger partial charge in [0.1, 0.15) is 30.0 Å². The molecular weight excluding hydrogens is 410 g/mol. The molecule has 1 amide bonds. The van der Waals surface area contributed by atoms with Crippen molar-refractivity contribution in [2.24, 2.45) is 0 Å². The number of rotatable bonds is 8. The number of aliphatic carboxylic acids is 1. The molecule has 8 nitrogen and oxygen atoms in total. The van der Waals surface area contributed by atoms with Gasteiger partial charge in [0.15, 0.2) is 11.4 Å². The fourth-order valence-corrected chi connectivity index (χ4v) is 3.15. The molecule has 31 heavy (non-hydrogen) atoms. The molecule has 0 aliphatic rings. The number of likely N-dealkylation sites (N-methyl/N-ethyl adjacent to an activating group) is 1. The van der Waals surface area contributed by atoms with Crippen LogP contribution in [0.3, 0.4) is 0 Å². The molecule has 1 aromatic carbocycles. The Morgan fingerprint density at radius 1 is 1.26 bits per heavy atom. The monoisotopic (exact) mass is 432 g/mol. The maximum absolute atomic E-state index is 13.9. The molecule has 1 atom stereocenters. The van der Waals surface area contributed by atoms with Crippen LogP contribution in [0.4, 0.5) is 8.78 Å². The highest BCUT2D eigenvalue weighted by Gasteiger charge is 2.22. The predicted molar refractivity (Wildman–Crippen MR) is 108 cm³/mol. The molecule has 0 unspecified atom stereocenters. The summed E-state index contributed by atoms with van der Waals surface area (Å²) < 4.78 is 35.0. The van der Waals surface area contributed by atoms with Crippen molar-refractivity contribution >= 4 is 17.5 Å². The number of carbonyl (C=O) groups is 2. The lowest BCUT2D eigenvalue weighted by molar-refractivity contribution is -0.139. The normalized spacial score (nSPS) is 12.0. The molecule has 0 aliphatic carbocycles. The van der Waals surface area contributed by atoms with E-state index in [1.54, 1.807) is 26.1 Å². The van der Waals surface area contributed by atoms with Crippen molar-refractivity contribution in [3.8, 4) is 5.75 Å². The first-order valence-corrected chi connectivity index (χ1v) is 9.46. The number of nitrogens with zero attached hydrogens (tertiary/aromatic N) is 2. The van der Waals surface area contributed by atoms with Crippen LogP contribution in [-0.2, 0) is 11.4 Å². The summed E-state index contributed by atoms with van der Waals surface area (Å²) in [5, 5.41) is 14.3. The summed E-state index contributed by atoms with van der Waals surface area (Å²) in [6, 6.07) is 4.27. The molecule has 0 radical (unpaired) electrons. The number of hydrogen-bond acceptors (Lipinski definition) is 5. The highest BCUT2D eigenvalue weighted by Crippen LogP contribution is 2.26. The van der Waals surface area contributed by atoms with Gasteiger partial charge in [-0.05, 0) is 44.7 Å². The lowest BCUT2D eigenvalue weighted by Gasteiger charge is -2.13. The Kier molecular flexibility index (Phi) is 6.50. The number of carboxylic acids is 1. The van der Waals surface area contributed by atoms with Crippen LogP contribution in [0.25, 0.3) is 5.65 Å². The van der Waals surface area contributed by atoms with Gasteiger partial charge < -0.3 is 20.5 Å².